The molecule has 0 saturated carbocycles. The summed E-state index contributed by atoms with van der Waals surface area (Å²) in [5.74, 6) is -3.35. The second kappa shape index (κ2) is 11.5. The van der Waals surface area contributed by atoms with Gasteiger partial charge < -0.3 is 14.6 Å². The molecule has 0 aromatic carbocycles. The van der Waals surface area contributed by atoms with Crippen molar-refractivity contribution in [3.8, 4) is 0 Å². The van der Waals surface area contributed by atoms with Crippen molar-refractivity contribution in [2.45, 2.75) is 51.7 Å². The van der Waals surface area contributed by atoms with Crippen molar-refractivity contribution in [2.75, 3.05) is 19.0 Å². The number of ketones is 1. The number of carbonyl (C=O) groups is 5. The highest BCUT2D eigenvalue weighted by molar-refractivity contribution is 8.00. The molecule has 28 heavy (non-hydrogen) atoms. The van der Waals surface area contributed by atoms with Gasteiger partial charge in [0.05, 0.1) is 18.9 Å². The number of aliphatic carboxylic acids is 1. The molecule has 1 aliphatic rings. The molecule has 0 aromatic rings. The molecule has 1 unspecified atom stereocenters. The summed E-state index contributed by atoms with van der Waals surface area (Å²) in [5.41, 5.74) is 0.166. The Morgan fingerprint density at radius 3 is 2.29 bits per heavy atom. The van der Waals surface area contributed by atoms with Crippen molar-refractivity contribution >= 4 is 41.5 Å². The second-order valence-electron chi connectivity index (χ2n) is 5.91. The van der Waals surface area contributed by atoms with Crippen molar-refractivity contribution < 1.29 is 38.6 Å². The fourth-order valence-electron chi connectivity index (χ4n) is 2.72. The van der Waals surface area contributed by atoms with Gasteiger partial charge in [-0.3, -0.25) is 14.4 Å². The Morgan fingerprint density at radius 1 is 1.11 bits per heavy atom. The molecule has 0 fully saturated rings. The van der Waals surface area contributed by atoms with Crippen molar-refractivity contribution in [3.05, 3.63) is 11.3 Å². The monoisotopic (exact) mass is 415 g/mol. The maximum Gasteiger partial charge on any atom is 0.420 e. The lowest BCUT2D eigenvalue weighted by atomic mass is 10.0. The molecule has 156 valence electrons. The minimum Gasteiger partial charge on any atom is -0.481 e. The molecule has 0 radical (unpaired) electrons. The first-order valence-corrected chi connectivity index (χ1v) is 10.0. The van der Waals surface area contributed by atoms with Crippen molar-refractivity contribution in [1.29, 1.82) is 0 Å². The van der Waals surface area contributed by atoms with Crippen LogP contribution in [0.4, 0.5) is 4.79 Å². The zero-order valence-electron chi connectivity index (χ0n) is 16.2. The van der Waals surface area contributed by atoms with E-state index in [1.165, 1.54) is 18.7 Å². The number of amides is 2. The SMILES string of the molecule is CCOC(=O)C(=O)C1=C(N(C(C)=O)C(=O)OCC)C(CCCCC(=O)O)SC1. The van der Waals surface area contributed by atoms with Gasteiger partial charge in [0.1, 0.15) is 0 Å². The van der Waals surface area contributed by atoms with Crippen molar-refractivity contribution in [1.82, 2.24) is 4.90 Å². The number of carboxylic acids is 1. The summed E-state index contributed by atoms with van der Waals surface area (Å²) >= 11 is 1.31. The maximum atomic E-state index is 12.5. The van der Waals surface area contributed by atoms with Crippen LogP contribution < -0.4 is 0 Å². The molecule has 0 saturated heterocycles. The van der Waals surface area contributed by atoms with Gasteiger partial charge in [-0.25, -0.2) is 14.5 Å². The van der Waals surface area contributed by atoms with Crippen LogP contribution in [0.25, 0.3) is 0 Å². The van der Waals surface area contributed by atoms with Gasteiger partial charge in [0.15, 0.2) is 0 Å². The number of carboxylic acid groups (broad SMARTS) is 1. The molecule has 9 nitrogen and oxygen atoms in total. The van der Waals surface area contributed by atoms with E-state index >= 15 is 0 Å². The highest BCUT2D eigenvalue weighted by atomic mass is 32.2. The van der Waals surface area contributed by atoms with Crippen LogP contribution in [0.2, 0.25) is 0 Å². The number of esters is 1. The van der Waals surface area contributed by atoms with E-state index in [9.17, 15) is 24.0 Å². The number of imide groups is 1. The topological polar surface area (TPSA) is 127 Å². The van der Waals surface area contributed by atoms with Crippen molar-refractivity contribution in [3.63, 3.8) is 0 Å². The number of thioether (sulfide) groups is 1. The summed E-state index contributed by atoms with van der Waals surface area (Å²) in [4.78, 5) is 60.4. The summed E-state index contributed by atoms with van der Waals surface area (Å²) in [6, 6.07) is 0. The smallest absolute Gasteiger partial charge is 0.420 e. The Bertz CT molecular complexity index is 672. The molecule has 1 heterocycles. The Hall–Kier alpha value is -2.36. The molecule has 1 rings (SSSR count). The molecular weight excluding hydrogens is 390 g/mol. The van der Waals surface area contributed by atoms with E-state index in [0.717, 1.165) is 4.90 Å². The zero-order valence-corrected chi connectivity index (χ0v) is 17.0. The summed E-state index contributed by atoms with van der Waals surface area (Å²) in [5, 5.41) is 8.33. The standard InChI is InChI=1S/C18H25NO8S/c1-4-26-17(24)16(23)12-10-28-13(8-6-7-9-14(21)22)15(12)19(11(3)20)18(25)27-5-2/h13H,4-10H2,1-3H3,(H,21,22). The number of rotatable bonds is 10. The maximum absolute atomic E-state index is 12.5. The van der Waals surface area contributed by atoms with Crippen LogP contribution in [0.1, 0.15) is 46.5 Å². The van der Waals surface area contributed by atoms with E-state index in [2.05, 4.69) is 0 Å². The Morgan fingerprint density at radius 2 is 1.75 bits per heavy atom. The highest BCUT2D eigenvalue weighted by Gasteiger charge is 2.40. The normalized spacial score (nSPS) is 15.9. The lowest BCUT2D eigenvalue weighted by Gasteiger charge is -2.25. The average molecular weight is 415 g/mol. The van der Waals surface area contributed by atoms with Crippen LogP contribution in [0.15, 0.2) is 11.3 Å². The number of hydrogen-bond acceptors (Lipinski definition) is 8. The fraction of sp³-hybridized carbons (Fsp3) is 0.611. The van der Waals surface area contributed by atoms with Gasteiger partial charge in [-0.15, -0.1) is 11.8 Å². The van der Waals surface area contributed by atoms with Crippen molar-refractivity contribution in [2.24, 2.45) is 0 Å². The van der Waals surface area contributed by atoms with Crippen LogP contribution >= 0.6 is 11.8 Å². The second-order valence-corrected chi connectivity index (χ2v) is 7.10. The molecule has 10 heteroatoms. The quantitative estimate of drug-likeness (QED) is 0.324. The van der Waals surface area contributed by atoms with Gasteiger partial charge in [-0.1, -0.05) is 6.42 Å². The molecule has 1 N–H and O–H groups in total. The number of unbranched alkanes of at least 4 members (excludes halogenated alkanes) is 1. The third-order valence-corrected chi connectivity index (χ3v) is 5.21. The number of carbonyl (C=O) groups excluding carboxylic acids is 4. The van der Waals surface area contributed by atoms with E-state index in [4.69, 9.17) is 14.6 Å². The highest BCUT2D eigenvalue weighted by Crippen LogP contribution is 2.38. The predicted octanol–water partition coefficient (Wildman–Crippen LogP) is 2.14. The first-order valence-electron chi connectivity index (χ1n) is 8.99. The van der Waals surface area contributed by atoms with Gasteiger partial charge in [0.2, 0.25) is 5.91 Å². The van der Waals surface area contributed by atoms with E-state index in [1.54, 1.807) is 13.8 Å². The number of ether oxygens (including phenoxy) is 2. The molecule has 0 aliphatic carbocycles. The minimum absolute atomic E-state index is 0.000648. The van der Waals surface area contributed by atoms with Gasteiger partial charge in [0, 0.05) is 29.9 Å². The number of hydrogen-bond donors (Lipinski definition) is 1. The molecular formula is C18H25NO8S. The summed E-state index contributed by atoms with van der Waals surface area (Å²) in [6.45, 7) is 4.37. The van der Waals surface area contributed by atoms with Crippen LogP contribution in [0, 0.1) is 0 Å². The zero-order chi connectivity index (χ0) is 21.3. The molecule has 1 aliphatic heterocycles. The predicted molar refractivity (Wildman–Crippen MR) is 101 cm³/mol. The lowest BCUT2D eigenvalue weighted by Crippen LogP contribution is -2.39. The molecule has 0 spiro atoms. The van der Waals surface area contributed by atoms with E-state index in [0.29, 0.717) is 19.3 Å². The summed E-state index contributed by atoms with van der Waals surface area (Å²) in [7, 11) is 0. The lowest BCUT2D eigenvalue weighted by molar-refractivity contribution is -0.151. The van der Waals surface area contributed by atoms with E-state index in [1.807, 2.05) is 0 Å². The fourth-order valence-corrected chi connectivity index (χ4v) is 4.11. The van der Waals surface area contributed by atoms with Gasteiger partial charge in [-0.2, -0.15) is 0 Å². The molecule has 1 atom stereocenters. The van der Waals surface area contributed by atoms with Crippen LogP contribution in [0.5, 0.6) is 0 Å². The van der Waals surface area contributed by atoms with Gasteiger partial charge >= 0.3 is 18.0 Å². The van der Waals surface area contributed by atoms with Crippen LogP contribution in [-0.2, 0) is 28.7 Å². The molecule has 0 aromatic heterocycles. The Balaban J connectivity index is 3.21. The summed E-state index contributed by atoms with van der Waals surface area (Å²) in [6.07, 6.45) is 0.454. The van der Waals surface area contributed by atoms with Crippen LogP contribution in [-0.4, -0.2) is 63.9 Å². The Labute approximate surface area is 167 Å². The summed E-state index contributed by atoms with van der Waals surface area (Å²) < 4.78 is 9.69. The molecule has 0 bridgehead atoms. The third kappa shape index (κ3) is 6.36. The first-order chi connectivity index (χ1) is 13.2. The van der Waals surface area contributed by atoms with E-state index < -0.39 is 35.0 Å². The van der Waals surface area contributed by atoms with Gasteiger partial charge in [-0.05, 0) is 26.7 Å². The third-order valence-electron chi connectivity index (χ3n) is 3.89. The van der Waals surface area contributed by atoms with Crippen LogP contribution in [0.3, 0.4) is 0 Å². The average Bonchev–Trinajstić information content (AvgIpc) is 3.01. The largest absolute Gasteiger partial charge is 0.481 e. The first kappa shape index (κ1) is 23.7. The minimum atomic E-state index is -1.05. The Kier molecular flexibility index (Phi) is 9.70. The van der Waals surface area contributed by atoms with Gasteiger partial charge in [0.25, 0.3) is 5.78 Å². The number of nitrogens with zero attached hydrogens (tertiary/aromatic N) is 1. The molecule has 2 amide bonds. The van der Waals surface area contributed by atoms with E-state index in [-0.39, 0.29) is 36.7 Å². The number of Topliss-reactive ketones (excluding diaryl/α,β-unsaturated/α-hetero) is 1.